The fraction of sp³-hybridized carbons (Fsp3) is 0.292. The Balaban J connectivity index is 1.91. The lowest BCUT2D eigenvalue weighted by molar-refractivity contribution is -0.122. The topological polar surface area (TPSA) is 89.4 Å². The molecule has 8 heteroatoms. The van der Waals surface area contributed by atoms with Crippen molar-refractivity contribution in [2.75, 3.05) is 20.2 Å². The van der Waals surface area contributed by atoms with Crippen molar-refractivity contribution in [3.8, 4) is 5.75 Å². The van der Waals surface area contributed by atoms with Gasteiger partial charge in [0.2, 0.25) is 11.8 Å². The Morgan fingerprint density at radius 3 is 2.28 bits per heavy atom. The maximum atomic E-state index is 13.3. The molecule has 0 radical (unpaired) electrons. The maximum Gasteiger partial charge on any atom is 0.262 e. The van der Waals surface area contributed by atoms with E-state index in [1.807, 2.05) is 19.1 Å². The summed E-state index contributed by atoms with van der Waals surface area (Å²) < 4.78 is 6.97. The summed E-state index contributed by atoms with van der Waals surface area (Å²) in [6, 6.07) is 12.1. The summed E-state index contributed by atoms with van der Waals surface area (Å²) in [6.45, 7) is 4.29. The zero-order valence-electron chi connectivity index (χ0n) is 18.3. The number of carbonyl (C=O) groups is 3. The number of rotatable bonds is 8. The quantitative estimate of drug-likeness (QED) is 0.509. The summed E-state index contributed by atoms with van der Waals surface area (Å²) in [4.78, 5) is 37.2. The average molecular weight is 456 g/mol. The first-order valence-corrected chi connectivity index (χ1v) is 10.7. The Labute approximate surface area is 191 Å². The molecule has 0 saturated heterocycles. The van der Waals surface area contributed by atoms with Crippen LogP contribution in [0.25, 0.3) is 10.9 Å². The molecular formula is C24H26ClN3O4. The van der Waals surface area contributed by atoms with Crippen LogP contribution in [0, 0.1) is 6.92 Å². The minimum Gasteiger partial charge on any atom is -0.497 e. The van der Waals surface area contributed by atoms with E-state index >= 15 is 0 Å². The van der Waals surface area contributed by atoms with Gasteiger partial charge in [0.05, 0.1) is 19.0 Å². The summed E-state index contributed by atoms with van der Waals surface area (Å²) in [5, 5.41) is 6.86. The molecular weight excluding hydrogens is 430 g/mol. The van der Waals surface area contributed by atoms with Crippen molar-refractivity contribution in [1.29, 1.82) is 0 Å². The van der Waals surface area contributed by atoms with E-state index in [1.54, 1.807) is 48.9 Å². The number of aromatic nitrogens is 1. The molecule has 0 spiro atoms. The number of benzene rings is 2. The minimum absolute atomic E-state index is 0.0639. The van der Waals surface area contributed by atoms with Gasteiger partial charge in [-0.05, 0) is 55.0 Å². The van der Waals surface area contributed by atoms with Gasteiger partial charge in [-0.15, -0.1) is 0 Å². The molecule has 3 aromatic rings. The van der Waals surface area contributed by atoms with Gasteiger partial charge in [0.1, 0.15) is 5.75 Å². The molecule has 2 aromatic carbocycles. The lowest BCUT2D eigenvalue weighted by Gasteiger charge is -2.09. The Kier molecular flexibility index (Phi) is 7.53. The SMILES string of the molecule is CCC(=O)NCCNC(=O)Cc1c(C)n(C(=O)c2ccc(Cl)cc2)c2ccc(OC)cc12. The molecule has 32 heavy (non-hydrogen) atoms. The number of hydrogen-bond donors (Lipinski definition) is 2. The van der Waals surface area contributed by atoms with Gasteiger partial charge in [0, 0.05) is 41.2 Å². The van der Waals surface area contributed by atoms with E-state index in [0.717, 1.165) is 10.9 Å². The predicted molar refractivity (Wildman–Crippen MR) is 124 cm³/mol. The van der Waals surface area contributed by atoms with E-state index in [4.69, 9.17) is 16.3 Å². The highest BCUT2D eigenvalue weighted by Gasteiger charge is 2.22. The van der Waals surface area contributed by atoms with Gasteiger partial charge < -0.3 is 15.4 Å². The number of nitrogens with zero attached hydrogens (tertiary/aromatic N) is 1. The first-order chi connectivity index (χ1) is 15.3. The lowest BCUT2D eigenvalue weighted by Crippen LogP contribution is -2.35. The fourth-order valence-corrected chi connectivity index (χ4v) is 3.67. The summed E-state index contributed by atoms with van der Waals surface area (Å²) in [6.07, 6.45) is 0.494. The number of carbonyl (C=O) groups excluding carboxylic acids is 3. The average Bonchev–Trinajstić information content (AvgIpc) is 3.06. The first-order valence-electron chi connectivity index (χ1n) is 10.4. The van der Waals surface area contributed by atoms with Crippen LogP contribution in [0.5, 0.6) is 5.75 Å². The van der Waals surface area contributed by atoms with Crippen LogP contribution in [0.15, 0.2) is 42.5 Å². The van der Waals surface area contributed by atoms with Gasteiger partial charge in [-0.25, -0.2) is 0 Å². The fourth-order valence-electron chi connectivity index (χ4n) is 3.55. The summed E-state index contributed by atoms with van der Waals surface area (Å²) >= 11 is 5.96. The third-order valence-corrected chi connectivity index (χ3v) is 5.52. The first kappa shape index (κ1) is 23.3. The van der Waals surface area contributed by atoms with Gasteiger partial charge in [0.25, 0.3) is 5.91 Å². The number of halogens is 1. The molecule has 1 aromatic heterocycles. The van der Waals surface area contributed by atoms with E-state index in [-0.39, 0.29) is 24.1 Å². The highest BCUT2D eigenvalue weighted by molar-refractivity contribution is 6.30. The number of methoxy groups -OCH3 is 1. The molecule has 1 heterocycles. The Hall–Kier alpha value is -3.32. The van der Waals surface area contributed by atoms with E-state index in [9.17, 15) is 14.4 Å². The third kappa shape index (κ3) is 5.11. The molecule has 0 unspecified atom stereocenters. The second kappa shape index (κ2) is 10.3. The number of hydrogen-bond acceptors (Lipinski definition) is 4. The van der Waals surface area contributed by atoms with E-state index < -0.39 is 0 Å². The van der Waals surface area contributed by atoms with Crippen molar-refractivity contribution in [1.82, 2.24) is 15.2 Å². The molecule has 3 rings (SSSR count). The normalized spacial score (nSPS) is 10.8. The van der Waals surface area contributed by atoms with Gasteiger partial charge >= 0.3 is 0 Å². The van der Waals surface area contributed by atoms with Crippen molar-refractivity contribution in [3.05, 3.63) is 64.3 Å². The Morgan fingerprint density at radius 2 is 1.66 bits per heavy atom. The second-order valence-corrected chi connectivity index (χ2v) is 7.76. The zero-order chi connectivity index (χ0) is 23.3. The van der Waals surface area contributed by atoms with Crippen LogP contribution in [-0.2, 0) is 16.0 Å². The Bertz CT molecular complexity index is 1150. The van der Waals surface area contributed by atoms with Crippen LogP contribution in [0.3, 0.4) is 0 Å². The smallest absolute Gasteiger partial charge is 0.262 e. The Morgan fingerprint density at radius 1 is 1.00 bits per heavy atom. The van der Waals surface area contributed by atoms with Crippen LogP contribution >= 0.6 is 11.6 Å². The molecule has 0 fully saturated rings. The molecule has 7 nitrogen and oxygen atoms in total. The largest absolute Gasteiger partial charge is 0.497 e. The van der Waals surface area contributed by atoms with Crippen molar-refractivity contribution < 1.29 is 19.1 Å². The van der Waals surface area contributed by atoms with Crippen LogP contribution in [-0.4, -0.2) is 42.5 Å². The highest BCUT2D eigenvalue weighted by atomic mass is 35.5. The summed E-state index contributed by atoms with van der Waals surface area (Å²) in [5.74, 6) is 0.173. The van der Waals surface area contributed by atoms with Crippen molar-refractivity contribution in [2.24, 2.45) is 0 Å². The molecule has 0 saturated carbocycles. The van der Waals surface area contributed by atoms with Crippen LogP contribution in [0.1, 0.15) is 35.0 Å². The van der Waals surface area contributed by atoms with Crippen molar-refractivity contribution in [3.63, 3.8) is 0 Å². The molecule has 0 atom stereocenters. The maximum absolute atomic E-state index is 13.3. The van der Waals surface area contributed by atoms with Gasteiger partial charge in [-0.2, -0.15) is 0 Å². The second-order valence-electron chi connectivity index (χ2n) is 7.32. The van der Waals surface area contributed by atoms with Crippen LogP contribution < -0.4 is 15.4 Å². The number of fused-ring (bicyclic) bond motifs is 1. The number of amides is 2. The van der Waals surface area contributed by atoms with Crippen LogP contribution in [0.2, 0.25) is 5.02 Å². The summed E-state index contributed by atoms with van der Waals surface area (Å²) in [5.41, 5.74) is 2.62. The molecule has 2 amide bonds. The van der Waals surface area contributed by atoms with Crippen molar-refractivity contribution in [2.45, 2.75) is 26.7 Å². The standard InChI is InChI=1S/C24H26ClN3O4/c1-4-22(29)26-11-12-27-23(30)14-19-15(2)28(21-10-9-18(32-3)13-20(19)21)24(31)16-5-7-17(25)8-6-16/h5-10,13H,4,11-12,14H2,1-3H3,(H,26,29)(H,27,30). The zero-order valence-corrected chi connectivity index (χ0v) is 19.1. The van der Waals surface area contributed by atoms with E-state index in [2.05, 4.69) is 10.6 Å². The minimum atomic E-state index is -0.205. The number of ether oxygens (including phenoxy) is 1. The molecule has 2 N–H and O–H groups in total. The number of nitrogens with one attached hydrogen (secondary N) is 2. The molecule has 0 bridgehead atoms. The van der Waals surface area contributed by atoms with E-state index in [1.165, 1.54) is 0 Å². The van der Waals surface area contributed by atoms with Gasteiger partial charge in [0.15, 0.2) is 0 Å². The molecule has 0 aliphatic rings. The third-order valence-electron chi connectivity index (χ3n) is 5.26. The molecule has 168 valence electrons. The highest BCUT2D eigenvalue weighted by Crippen LogP contribution is 2.30. The predicted octanol–water partition coefficient (Wildman–Crippen LogP) is 3.49. The van der Waals surface area contributed by atoms with Crippen molar-refractivity contribution >= 4 is 40.2 Å². The molecule has 0 aliphatic heterocycles. The summed E-state index contributed by atoms with van der Waals surface area (Å²) in [7, 11) is 1.57. The van der Waals surface area contributed by atoms with E-state index in [0.29, 0.717) is 47.1 Å². The van der Waals surface area contributed by atoms with Crippen LogP contribution in [0.4, 0.5) is 0 Å². The van der Waals surface area contributed by atoms with Gasteiger partial charge in [-0.3, -0.25) is 19.0 Å². The van der Waals surface area contributed by atoms with Gasteiger partial charge in [-0.1, -0.05) is 18.5 Å². The monoisotopic (exact) mass is 455 g/mol. The lowest BCUT2D eigenvalue weighted by atomic mass is 10.1. The molecule has 0 aliphatic carbocycles.